The summed E-state index contributed by atoms with van der Waals surface area (Å²) in [6.07, 6.45) is 10.4. The van der Waals surface area contributed by atoms with Crippen LogP contribution < -0.4 is 5.32 Å². The summed E-state index contributed by atoms with van der Waals surface area (Å²) in [4.78, 5) is 16.0. The fourth-order valence-electron chi connectivity index (χ4n) is 2.73. The van der Waals surface area contributed by atoms with Gasteiger partial charge in [0.25, 0.3) is 0 Å². The Morgan fingerprint density at radius 2 is 2.24 bits per heavy atom. The summed E-state index contributed by atoms with van der Waals surface area (Å²) >= 11 is 0. The minimum absolute atomic E-state index is 0.0900. The van der Waals surface area contributed by atoms with Crippen molar-refractivity contribution in [2.75, 3.05) is 5.32 Å². The van der Waals surface area contributed by atoms with Crippen LogP contribution in [0, 0.1) is 0 Å². The number of carbonyl (C=O) groups is 1. The number of hydrogen-bond acceptors (Lipinski definition) is 4. The molecule has 6 nitrogen and oxygen atoms in total. The lowest BCUT2D eigenvalue weighted by molar-refractivity contribution is -0.116. The molecule has 3 rings (SSSR count). The number of nitrogens with one attached hydrogen (secondary N) is 1. The van der Waals surface area contributed by atoms with Crippen molar-refractivity contribution in [1.29, 1.82) is 0 Å². The highest BCUT2D eigenvalue weighted by molar-refractivity contribution is 5.88. The average molecular weight is 288 g/mol. The fraction of sp³-hybridized carbons (Fsp3) is 0.533. The lowest BCUT2D eigenvalue weighted by atomic mass is 9.96. The average Bonchev–Trinajstić information content (AvgIpc) is 3.17. The molecule has 2 heterocycles. The molecule has 1 N–H and O–H groups in total. The summed E-state index contributed by atoms with van der Waals surface area (Å²) in [6.45, 7) is 0. The SMILES string of the molecule is O=C(CCc1ccco1)Nc1ncn(C2CCCCC2)n1. The third kappa shape index (κ3) is 3.71. The van der Waals surface area contributed by atoms with Crippen molar-refractivity contribution in [2.24, 2.45) is 0 Å². The zero-order valence-corrected chi connectivity index (χ0v) is 12.0. The van der Waals surface area contributed by atoms with E-state index in [2.05, 4.69) is 15.4 Å². The summed E-state index contributed by atoms with van der Waals surface area (Å²) in [6, 6.07) is 4.12. The van der Waals surface area contributed by atoms with E-state index in [0.717, 1.165) is 18.6 Å². The van der Waals surface area contributed by atoms with Crippen molar-refractivity contribution >= 4 is 11.9 Å². The van der Waals surface area contributed by atoms with E-state index in [1.165, 1.54) is 19.3 Å². The monoisotopic (exact) mass is 288 g/mol. The third-order valence-electron chi connectivity index (χ3n) is 3.89. The number of hydrogen-bond donors (Lipinski definition) is 1. The number of aromatic nitrogens is 3. The summed E-state index contributed by atoms with van der Waals surface area (Å²) in [5, 5.41) is 7.11. The Balaban J connectivity index is 1.50. The molecule has 1 fully saturated rings. The van der Waals surface area contributed by atoms with E-state index in [1.54, 1.807) is 12.6 Å². The molecule has 0 atom stereocenters. The summed E-state index contributed by atoms with van der Waals surface area (Å²) in [5.74, 6) is 1.11. The van der Waals surface area contributed by atoms with Gasteiger partial charge in [-0.1, -0.05) is 19.3 Å². The molecule has 2 aromatic heterocycles. The second kappa shape index (κ2) is 6.56. The van der Waals surface area contributed by atoms with Gasteiger partial charge in [-0.3, -0.25) is 10.1 Å². The van der Waals surface area contributed by atoms with Gasteiger partial charge < -0.3 is 4.42 Å². The highest BCUT2D eigenvalue weighted by Crippen LogP contribution is 2.27. The van der Waals surface area contributed by atoms with Crippen LogP contribution in [0.4, 0.5) is 5.95 Å². The number of furan rings is 1. The molecule has 0 unspecified atom stereocenters. The van der Waals surface area contributed by atoms with Gasteiger partial charge in [0.1, 0.15) is 12.1 Å². The van der Waals surface area contributed by atoms with Gasteiger partial charge >= 0.3 is 0 Å². The van der Waals surface area contributed by atoms with Crippen LogP contribution in [0.15, 0.2) is 29.1 Å². The van der Waals surface area contributed by atoms with Crippen molar-refractivity contribution in [3.63, 3.8) is 0 Å². The van der Waals surface area contributed by atoms with Crippen LogP contribution in [-0.4, -0.2) is 20.7 Å². The molecule has 6 heteroatoms. The Hall–Kier alpha value is -2.11. The minimum Gasteiger partial charge on any atom is -0.469 e. The maximum atomic E-state index is 11.9. The van der Waals surface area contributed by atoms with Crippen molar-refractivity contribution in [1.82, 2.24) is 14.8 Å². The number of carbonyl (C=O) groups excluding carboxylic acids is 1. The maximum Gasteiger partial charge on any atom is 0.248 e. The van der Waals surface area contributed by atoms with Gasteiger partial charge in [0.2, 0.25) is 11.9 Å². The lowest BCUT2D eigenvalue weighted by Gasteiger charge is -2.21. The van der Waals surface area contributed by atoms with Gasteiger partial charge in [-0.05, 0) is 25.0 Å². The fourth-order valence-corrected chi connectivity index (χ4v) is 2.73. The molecule has 0 bridgehead atoms. The lowest BCUT2D eigenvalue weighted by Crippen LogP contribution is -2.16. The first kappa shape index (κ1) is 13.9. The molecule has 1 saturated carbocycles. The molecule has 1 aliphatic rings. The van der Waals surface area contributed by atoms with Gasteiger partial charge in [-0.2, -0.15) is 0 Å². The Kier molecular flexibility index (Phi) is 4.33. The normalized spacial score (nSPS) is 16.0. The molecular weight excluding hydrogens is 268 g/mol. The first-order chi connectivity index (χ1) is 10.3. The topological polar surface area (TPSA) is 73.0 Å². The largest absolute Gasteiger partial charge is 0.469 e. The molecule has 21 heavy (non-hydrogen) atoms. The smallest absolute Gasteiger partial charge is 0.248 e. The quantitative estimate of drug-likeness (QED) is 0.918. The molecule has 0 spiro atoms. The maximum absolute atomic E-state index is 11.9. The highest BCUT2D eigenvalue weighted by Gasteiger charge is 2.17. The van der Waals surface area contributed by atoms with Gasteiger partial charge in [-0.25, -0.2) is 9.67 Å². The standard InChI is InChI=1S/C15H20N4O2/c20-14(9-8-13-7-4-10-21-13)17-15-16-11-19(18-15)12-5-2-1-3-6-12/h4,7,10-12H,1-3,5-6,8-9H2,(H,17,18,20). The molecular formula is C15H20N4O2. The van der Waals surface area contributed by atoms with Gasteiger partial charge in [0.15, 0.2) is 0 Å². The van der Waals surface area contributed by atoms with E-state index in [4.69, 9.17) is 4.42 Å². The summed E-state index contributed by atoms with van der Waals surface area (Å²) in [7, 11) is 0. The second-order valence-electron chi connectivity index (χ2n) is 5.47. The molecule has 1 aliphatic carbocycles. The van der Waals surface area contributed by atoms with E-state index in [9.17, 15) is 4.79 Å². The molecule has 0 aliphatic heterocycles. The molecule has 0 aromatic carbocycles. The van der Waals surface area contributed by atoms with E-state index in [1.807, 2.05) is 16.8 Å². The number of amides is 1. The highest BCUT2D eigenvalue weighted by atomic mass is 16.3. The summed E-state index contributed by atoms with van der Waals surface area (Å²) in [5.41, 5.74) is 0. The van der Waals surface area contributed by atoms with Crippen molar-refractivity contribution in [3.8, 4) is 0 Å². The van der Waals surface area contributed by atoms with Crippen LogP contribution >= 0.6 is 0 Å². The van der Waals surface area contributed by atoms with E-state index in [0.29, 0.717) is 24.8 Å². The van der Waals surface area contributed by atoms with E-state index < -0.39 is 0 Å². The van der Waals surface area contributed by atoms with Crippen LogP contribution in [0.1, 0.15) is 50.3 Å². The van der Waals surface area contributed by atoms with Gasteiger partial charge in [0, 0.05) is 12.8 Å². The molecule has 0 saturated heterocycles. The Bertz CT molecular complexity index is 570. The molecule has 2 aromatic rings. The van der Waals surface area contributed by atoms with Crippen LogP contribution in [-0.2, 0) is 11.2 Å². The van der Waals surface area contributed by atoms with Gasteiger partial charge in [-0.15, -0.1) is 5.10 Å². The second-order valence-corrected chi connectivity index (χ2v) is 5.47. The Labute approximate surface area is 123 Å². The molecule has 1 amide bonds. The predicted molar refractivity (Wildman–Crippen MR) is 77.8 cm³/mol. The van der Waals surface area contributed by atoms with Crippen LogP contribution in [0.5, 0.6) is 0 Å². The van der Waals surface area contributed by atoms with Crippen LogP contribution in [0.3, 0.4) is 0 Å². The molecule has 0 radical (unpaired) electrons. The number of rotatable bonds is 5. The van der Waals surface area contributed by atoms with Gasteiger partial charge in [0.05, 0.1) is 12.3 Å². The minimum atomic E-state index is -0.0900. The molecule has 112 valence electrons. The number of aryl methyl sites for hydroxylation is 1. The Morgan fingerprint density at radius 3 is 3.00 bits per heavy atom. The van der Waals surface area contributed by atoms with Crippen LogP contribution in [0.25, 0.3) is 0 Å². The van der Waals surface area contributed by atoms with Crippen molar-refractivity contribution in [2.45, 2.75) is 51.0 Å². The van der Waals surface area contributed by atoms with Crippen LogP contribution in [0.2, 0.25) is 0 Å². The zero-order chi connectivity index (χ0) is 14.5. The Morgan fingerprint density at radius 1 is 1.38 bits per heavy atom. The first-order valence-corrected chi connectivity index (χ1v) is 7.54. The number of anilines is 1. The van der Waals surface area contributed by atoms with Crippen molar-refractivity contribution in [3.05, 3.63) is 30.5 Å². The van der Waals surface area contributed by atoms with E-state index in [-0.39, 0.29) is 5.91 Å². The van der Waals surface area contributed by atoms with E-state index >= 15 is 0 Å². The predicted octanol–water partition coefficient (Wildman–Crippen LogP) is 2.95. The zero-order valence-electron chi connectivity index (χ0n) is 12.0. The third-order valence-corrected chi connectivity index (χ3v) is 3.89. The van der Waals surface area contributed by atoms with Crippen molar-refractivity contribution < 1.29 is 9.21 Å². The first-order valence-electron chi connectivity index (χ1n) is 7.54. The summed E-state index contributed by atoms with van der Waals surface area (Å²) < 4.78 is 7.09. The number of nitrogens with zero attached hydrogens (tertiary/aromatic N) is 3.